The van der Waals surface area contributed by atoms with Gasteiger partial charge in [0.25, 0.3) is 0 Å². The van der Waals surface area contributed by atoms with Crippen LogP contribution >= 0.6 is 0 Å². The summed E-state index contributed by atoms with van der Waals surface area (Å²) in [5.41, 5.74) is 0.942. The average Bonchev–Trinajstić information content (AvgIpc) is 3.14. The van der Waals surface area contributed by atoms with Crippen molar-refractivity contribution < 1.29 is 19.1 Å². The molecule has 0 aromatic rings. The van der Waals surface area contributed by atoms with Crippen LogP contribution < -0.4 is 0 Å². The Labute approximate surface area is 232 Å². The largest absolute Gasteiger partial charge is 0.459 e. The molecule has 4 heteroatoms. The van der Waals surface area contributed by atoms with E-state index in [9.17, 15) is 9.59 Å². The second-order valence-corrected chi connectivity index (χ2v) is 16.5. The van der Waals surface area contributed by atoms with Gasteiger partial charge in [-0.1, -0.05) is 55.4 Å². The van der Waals surface area contributed by atoms with Gasteiger partial charge in [0.2, 0.25) is 0 Å². The lowest BCUT2D eigenvalue weighted by Gasteiger charge is -2.73. The van der Waals surface area contributed by atoms with Crippen LogP contribution in [0.5, 0.6) is 0 Å². The Morgan fingerprint density at radius 3 is 2.00 bits per heavy atom. The number of esters is 2. The molecule has 5 saturated carbocycles. The molecule has 0 aliphatic heterocycles. The maximum atomic E-state index is 12.3. The highest BCUT2D eigenvalue weighted by molar-refractivity contribution is 5.67. The van der Waals surface area contributed by atoms with Gasteiger partial charge in [-0.15, -0.1) is 0 Å². The van der Waals surface area contributed by atoms with Crippen LogP contribution in [-0.4, -0.2) is 24.1 Å². The molecule has 0 radical (unpaired) electrons. The van der Waals surface area contributed by atoms with Crippen LogP contribution in [0, 0.1) is 62.6 Å². The first-order chi connectivity index (χ1) is 17.5. The van der Waals surface area contributed by atoms with Crippen molar-refractivity contribution in [2.24, 2.45) is 62.6 Å². The quantitative estimate of drug-likeness (QED) is 0.346. The predicted molar refractivity (Wildman–Crippen MR) is 151 cm³/mol. The zero-order valence-corrected chi connectivity index (χ0v) is 26.1. The highest BCUT2D eigenvalue weighted by atomic mass is 16.6. The number of fused-ring (bicyclic) bond motifs is 7. The van der Waals surface area contributed by atoms with Gasteiger partial charge in [-0.05, 0) is 115 Å². The van der Waals surface area contributed by atoms with Gasteiger partial charge in [-0.25, -0.2) is 0 Å². The van der Waals surface area contributed by atoms with Crippen molar-refractivity contribution in [3.8, 4) is 0 Å². The topological polar surface area (TPSA) is 52.6 Å². The molecule has 216 valence electrons. The van der Waals surface area contributed by atoms with Gasteiger partial charge in [0.1, 0.15) is 12.2 Å². The second kappa shape index (κ2) is 8.97. The molecule has 0 saturated heterocycles. The van der Waals surface area contributed by atoms with Gasteiger partial charge in [0.15, 0.2) is 0 Å². The fourth-order valence-electron chi connectivity index (χ4n) is 12.6. The molecule has 0 aromatic carbocycles. The number of carbonyl (C=O) groups excluding carboxylic acids is 2. The summed E-state index contributed by atoms with van der Waals surface area (Å²) in [6.45, 7) is 23.0. The lowest BCUT2D eigenvalue weighted by atomic mass is 9.32. The van der Waals surface area contributed by atoms with Gasteiger partial charge < -0.3 is 9.47 Å². The number of rotatable bonds is 3. The van der Waals surface area contributed by atoms with E-state index < -0.39 is 0 Å². The summed E-state index contributed by atoms with van der Waals surface area (Å²) in [5.74, 6) is 3.78. The standard InChI is InChI=1S/C34H56O4/c1-20(2)23-13-15-31(7)17-18-33(9)24(28(23)31)11-12-27-32(8)19-25(37-21(3)35)29(38-22(4)36)30(5,6)26(32)14-16-34(27,33)10/h20,23-29H,11-19H2,1-10H3. The van der Waals surface area contributed by atoms with E-state index in [1.165, 1.54) is 65.2 Å². The fraction of sp³-hybridized carbons (Fsp3) is 0.941. The molecule has 0 N–H and O–H groups in total. The van der Waals surface area contributed by atoms with E-state index in [2.05, 4.69) is 55.4 Å². The van der Waals surface area contributed by atoms with Crippen LogP contribution in [0.15, 0.2) is 0 Å². The molecule has 11 unspecified atom stereocenters. The zero-order valence-electron chi connectivity index (χ0n) is 26.1. The van der Waals surface area contributed by atoms with Gasteiger partial charge in [0.05, 0.1) is 0 Å². The Balaban J connectivity index is 1.54. The maximum Gasteiger partial charge on any atom is 0.303 e. The maximum absolute atomic E-state index is 12.3. The Morgan fingerprint density at radius 2 is 1.39 bits per heavy atom. The summed E-state index contributed by atoms with van der Waals surface area (Å²) in [5, 5.41) is 0. The van der Waals surface area contributed by atoms with Crippen molar-refractivity contribution in [2.75, 3.05) is 0 Å². The highest BCUT2D eigenvalue weighted by Gasteiger charge is 2.71. The normalized spacial score (nSPS) is 51.3. The van der Waals surface area contributed by atoms with E-state index in [-0.39, 0.29) is 40.4 Å². The molecule has 5 aliphatic carbocycles. The Hall–Kier alpha value is -1.06. The molecule has 38 heavy (non-hydrogen) atoms. The summed E-state index contributed by atoms with van der Waals surface area (Å²) < 4.78 is 12.0. The van der Waals surface area contributed by atoms with Crippen LogP contribution in [-0.2, 0) is 19.1 Å². The molecule has 4 nitrogen and oxygen atoms in total. The number of hydrogen-bond donors (Lipinski definition) is 0. The van der Waals surface area contributed by atoms with E-state index in [1.54, 1.807) is 0 Å². The lowest BCUT2D eigenvalue weighted by molar-refractivity contribution is -0.268. The number of hydrogen-bond acceptors (Lipinski definition) is 4. The lowest BCUT2D eigenvalue weighted by Crippen LogP contribution is -2.68. The average molecular weight is 529 g/mol. The molecule has 0 bridgehead atoms. The van der Waals surface area contributed by atoms with Crippen LogP contribution in [0.1, 0.15) is 127 Å². The van der Waals surface area contributed by atoms with Crippen LogP contribution in [0.3, 0.4) is 0 Å². The molecule has 0 heterocycles. The minimum absolute atomic E-state index is 0.0507. The van der Waals surface area contributed by atoms with Crippen molar-refractivity contribution in [3.63, 3.8) is 0 Å². The van der Waals surface area contributed by atoms with Gasteiger partial charge in [0, 0.05) is 19.3 Å². The molecular formula is C34H56O4. The molecular weight excluding hydrogens is 472 g/mol. The van der Waals surface area contributed by atoms with Crippen molar-refractivity contribution >= 4 is 11.9 Å². The third-order valence-corrected chi connectivity index (χ3v) is 14.2. The van der Waals surface area contributed by atoms with Gasteiger partial charge in [-0.3, -0.25) is 9.59 Å². The van der Waals surface area contributed by atoms with Crippen molar-refractivity contribution in [3.05, 3.63) is 0 Å². The number of ether oxygens (including phenoxy) is 2. The minimum Gasteiger partial charge on any atom is -0.459 e. The van der Waals surface area contributed by atoms with Crippen molar-refractivity contribution in [2.45, 2.75) is 139 Å². The Bertz CT molecular complexity index is 970. The first-order valence-corrected chi connectivity index (χ1v) is 15.9. The molecule has 11 atom stereocenters. The monoisotopic (exact) mass is 528 g/mol. The van der Waals surface area contributed by atoms with Crippen LogP contribution in [0.2, 0.25) is 0 Å². The minimum atomic E-state index is -0.390. The third-order valence-electron chi connectivity index (χ3n) is 14.2. The van der Waals surface area contributed by atoms with E-state index in [4.69, 9.17) is 9.47 Å². The van der Waals surface area contributed by atoms with E-state index in [0.29, 0.717) is 22.7 Å². The van der Waals surface area contributed by atoms with Gasteiger partial charge >= 0.3 is 11.9 Å². The SMILES string of the molecule is CC(=O)OC1CC2(C)C(CCC3(C)C2CCC2C4C(C(C)C)CCC4(C)CCC23C)C(C)(C)C1OC(C)=O. The molecule has 0 aromatic heterocycles. The summed E-state index contributed by atoms with van der Waals surface area (Å²) in [7, 11) is 0. The fourth-order valence-corrected chi connectivity index (χ4v) is 12.6. The molecule has 5 rings (SSSR count). The summed E-state index contributed by atoms with van der Waals surface area (Å²) >= 11 is 0. The number of carbonyl (C=O) groups is 2. The van der Waals surface area contributed by atoms with Crippen LogP contribution in [0.4, 0.5) is 0 Å². The van der Waals surface area contributed by atoms with E-state index >= 15 is 0 Å². The Morgan fingerprint density at radius 1 is 0.737 bits per heavy atom. The smallest absolute Gasteiger partial charge is 0.303 e. The van der Waals surface area contributed by atoms with Crippen molar-refractivity contribution in [1.29, 1.82) is 0 Å². The van der Waals surface area contributed by atoms with Crippen molar-refractivity contribution in [1.82, 2.24) is 0 Å². The molecule has 5 aliphatic rings. The molecule has 0 spiro atoms. The second-order valence-electron chi connectivity index (χ2n) is 16.5. The van der Waals surface area contributed by atoms with Gasteiger partial charge in [-0.2, -0.15) is 0 Å². The van der Waals surface area contributed by atoms with E-state index in [0.717, 1.165) is 30.1 Å². The molecule has 5 fully saturated rings. The zero-order chi connectivity index (χ0) is 28.1. The highest BCUT2D eigenvalue weighted by Crippen LogP contribution is 2.77. The third kappa shape index (κ3) is 3.80. The van der Waals surface area contributed by atoms with Crippen LogP contribution in [0.25, 0.3) is 0 Å². The Kier molecular flexibility index (Phi) is 6.72. The summed E-state index contributed by atoms with van der Waals surface area (Å²) in [6.07, 6.45) is 10.7. The predicted octanol–water partition coefficient (Wildman–Crippen LogP) is 8.22. The first-order valence-electron chi connectivity index (χ1n) is 15.9. The van der Waals surface area contributed by atoms with E-state index in [1.807, 2.05) is 0 Å². The molecule has 0 amide bonds. The summed E-state index contributed by atoms with van der Waals surface area (Å²) in [4.78, 5) is 24.4. The summed E-state index contributed by atoms with van der Waals surface area (Å²) in [6, 6.07) is 0. The first kappa shape index (κ1) is 28.5.